The van der Waals surface area contributed by atoms with Gasteiger partial charge in [0.1, 0.15) is 18.2 Å². The Bertz CT molecular complexity index is 696. The zero-order chi connectivity index (χ0) is 16.7. The molecule has 3 aliphatic rings. The summed E-state index contributed by atoms with van der Waals surface area (Å²) >= 11 is 0. The Morgan fingerprint density at radius 2 is 2.29 bits per heavy atom. The number of hydrogen-bond donors (Lipinski definition) is 1. The Kier molecular flexibility index (Phi) is 3.83. The molecule has 1 aromatic rings. The van der Waals surface area contributed by atoms with E-state index in [-0.39, 0.29) is 35.9 Å². The van der Waals surface area contributed by atoms with Crippen LogP contribution in [0.15, 0.2) is 23.8 Å². The van der Waals surface area contributed by atoms with Crippen LogP contribution in [0.5, 0.6) is 5.75 Å². The lowest BCUT2D eigenvalue weighted by Gasteiger charge is -2.61. The molecule has 1 amide bonds. The van der Waals surface area contributed by atoms with Crippen LogP contribution in [0.1, 0.15) is 38.2 Å². The smallest absolute Gasteiger partial charge is 0.250 e. The first-order valence-electron chi connectivity index (χ1n) is 8.68. The highest BCUT2D eigenvalue weighted by Crippen LogP contribution is 2.57. The van der Waals surface area contributed by atoms with Crippen LogP contribution < -0.4 is 10.1 Å². The van der Waals surface area contributed by atoms with Gasteiger partial charge in [-0.1, -0.05) is 6.42 Å². The second kappa shape index (κ2) is 5.88. The normalized spacial score (nSPS) is 26.5. The van der Waals surface area contributed by atoms with Crippen molar-refractivity contribution in [1.82, 2.24) is 5.32 Å². The number of nitrogens with one attached hydrogen (secondary N) is 1. The Morgan fingerprint density at radius 3 is 3.00 bits per heavy atom. The molecule has 4 nitrogen and oxygen atoms in total. The summed E-state index contributed by atoms with van der Waals surface area (Å²) in [4.78, 5) is 12.6. The van der Waals surface area contributed by atoms with Gasteiger partial charge in [0.15, 0.2) is 0 Å². The number of hydrogen-bond acceptors (Lipinski definition) is 3. The maximum atomic E-state index is 13.4. The fourth-order valence-electron chi connectivity index (χ4n) is 4.17. The number of halogens is 1. The topological polar surface area (TPSA) is 47.6 Å². The number of benzene rings is 1. The molecule has 4 rings (SSSR count). The molecule has 2 atom stereocenters. The van der Waals surface area contributed by atoms with Gasteiger partial charge in [0.2, 0.25) is 0 Å². The van der Waals surface area contributed by atoms with Crippen LogP contribution in [-0.4, -0.2) is 31.3 Å². The van der Waals surface area contributed by atoms with Gasteiger partial charge < -0.3 is 14.8 Å². The van der Waals surface area contributed by atoms with Gasteiger partial charge in [-0.2, -0.15) is 0 Å². The zero-order valence-electron chi connectivity index (χ0n) is 13.8. The van der Waals surface area contributed by atoms with E-state index in [9.17, 15) is 9.18 Å². The molecule has 1 aromatic carbocycles. The van der Waals surface area contributed by atoms with Gasteiger partial charge in [-0.05, 0) is 50.5 Å². The van der Waals surface area contributed by atoms with Gasteiger partial charge in [-0.25, -0.2) is 4.39 Å². The molecule has 0 bridgehead atoms. The maximum absolute atomic E-state index is 13.4. The Labute approximate surface area is 141 Å². The molecule has 0 radical (unpaired) electrons. The largest absolute Gasteiger partial charge is 0.488 e. The molecule has 0 unspecified atom stereocenters. The van der Waals surface area contributed by atoms with E-state index in [0.717, 1.165) is 19.3 Å². The van der Waals surface area contributed by atoms with Gasteiger partial charge in [-0.3, -0.25) is 4.79 Å². The van der Waals surface area contributed by atoms with Crippen molar-refractivity contribution in [1.29, 1.82) is 0 Å². The second-order valence-corrected chi connectivity index (χ2v) is 6.93. The predicted octanol–water partition coefficient (Wildman–Crippen LogP) is 3.07. The average molecular weight is 331 g/mol. The van der Waals surface area contributed by atoms with Crippen molar-refractivity contribution in [3.05, 3.63) is 35.2 Å². The SMILES string of the molecule is CCO[C@@H]1C[C@H](NC(=O)C2=Cc3cc(F)ccc3OC2)C12CCC2. The molecular formula is C19H22FNO3. The molecule has 2 saturated carbocycles. The molecule has 5 heteroatoms. The van der Waals surface area contributed by atoms with E-state index in [1.165, 1.54) is 18.6 Å². The highest BCUT2D eigenvalue weighted by molar-refractivity contribution is 5.99. The van der Waals surface area contributed by atoms with E-state index in [2.05, 4.69) is 5.32 Å². The Hall–Kier alpha value is -1.88. The molecule has 24 heavy (non-hydrogen) atoms. The highest BCUT2D eigenvalue weighted by atomic mass is 19.1. The molecule has 128 valence electrons. The third-order valence-electron chi connectivity index (χ3n) is 5.72. The van der Waals surface area contributed by atoms with Crippen LogP contribution in [-0.2, 0) is 9.53 Å². The third-order valence-corrected chi connectivity index (χ3v) is 5.72. The van der Waals surface area contributed by atoms with Crippen molar-refractivity contribution in [2.75, 3.05) is 13.2 Å². The lowest BCUT2D eigenvalue weighted by Crippen LogP contribution is -2.67. The lowest BCUT2D eigenvalue weighted by molar-refractivity contribution is -0.175. The number of fused-ring (bicyclic) bond motifs is 1. The maximum Gasteiger partial charge on any atom is 0.250 e. The van der Waals surface area contributed by atoms with Crippen molar-refractivity contribution in [2.24, 2.45) is 5.41 Å². The van der Waals surface area contributed by atoms with Crippen molar-refractivity contribution in [2.45, 2.75) is 44.8 Å². The van der Waals surface area contributed by atoms with Crippen LogP contribution in [0, 0.1) is 11.2 Å². The van der Waals surface area contributed by atoms with E-state index < -0.39 is 0 Å². The summed E-state index contributed by atoms with van der Waals surface area (Å²) < 4.78 is 24.8. The first kappa shape index (κ1) is 15.6. The lowest BCUT2D eigenvalue weighted by atomic mass is 9.51. The number of amides is 1. The van der Waals surface area contributed by atoms with Crippen LogP contribution >= 0.6 is 0 Å². The van der Waals surface area contributed by atoms with E-state index in [1.54, 1.807) is 12.1 Å². The average Bonchev–Trinajstić information content (AvgIpc) is 2.51. The predicted molar refractivity (Wildman–Crippen MR) is 88.1 cm³/mol. The summed E-state index contributed by atoms with van der Waals surface area (Å²) in [7, 11) is 0. The molecule has 0 aromatic heterocycles. The second-order valence-electron chi connectivity index (χ2n) is 6.93. The summed E-state index contributed by atoms with van der Waals surface area (Å²) in [6.07, 6.45) is 6.31. The molecule has 1 aliphatic heterocycles. The van der Waals surface area contributed by atoms with Crippen LogP contribution in [0.25, 0.3) is 6.08 Å². The first-order valence-corrected chi connectivity index (χ1v) is 8.68. The van der Waals surface area contributed by atoms with E-state index in [0.29, 0.717) is 23.5 Å². The van der Waals surface area contributed by atoms with Gasteiger partial charge in [0.05, 0.1) is 11.7 Å². The highest BCUT2D eigenvalue weighted by Gasteiger charge is 2.59. The van der Waals surface area contributed by atoms with Crippen LogP contribution in [0.2, 0.25) is 0 Å². The minimum atomic E-state index is -0.331. The fraction of sp³-hybridized carbons (Fsp3) is 0.526. The summed E-state index contributed by atoms with van der Waals surface area (Å²) in [6, 6.07) is 4.52. The first-order chi connectivity index (χ1) is 11.6. The number of carbonyl (C=O) groups excluding carboxylic acids is 1. The minimum Gasteiger partial charge on any atom is -0.488 e. The van der Waals surface area contributed by atoms with E-state index in [4.69, 9.17) is 9.47 Å². The molecule has 1 heterocycles. The summed E-state index contributed by atoms with van der Waals surface area (Å²) in [5.74, 6) is 0.168. The fourth-order valence-corrected chi connectivity index (χ4v) is 4.17. The van der Waals surface area contributed by atoms with Crippen molar-refractivity contribution < 1.29 is 18.7 Å². The van der Waals surface area contributed by atoms with Crippen molar-refractivity contribution >= 4 is 12.0 Å². The van der Waals surface area contributed by atoms with Crippen LogP contribution in [0.3, 0.4) is 0 Å². The Balaban J connectivity index is 1.46. The van der Waals surface area contributed by atoms with Gasteiger partial charge in [0, 0.05) is 23.6 Å². The monoisotopic (exact) mass is 331 g/mol. The summed E-state index contributed by atoms with van der Waals surface area (Å²) in [5, 5.41) is 3.15. The number of carbonyl (C=O) groups is 1. The number of rotatable bonds is 4. The summed E-state index contributed by atoms with van der Waals surface area (Å²) in [5.41, 5.74) is 1.29. The minimum absolute atomic E-state index is 0.115. The quantitative estimate of drug-likeness (QED) is 0.922. The zero-order valence-corrected chi connectivity index (χ0v) is 13.8. The standard InChI is InChI=1S/C19H22FNO3/c1-2-23-17-10-16(19(17)6-3-7-19)21-18(22)13-8-12-9-14(20)4-5-15(12)24-11-13/h4-5,8-9,16-17H,2-3,6-7,10-11H2,1H3,(H,21,22)/t16-,17+/m0/s1. The number of ether oxygens (including phenoxy) is 2. The summed E-state index contributed by atoms with van der Waals surface area (Å²) in [6.45, 7) is 2.95. The molecule has 2 fully saturated rings. The van der Waals surface area contributed by atoms with Crippen LogP contribution in [0.4, 0.5) is 4.39 Å². The molecule has 0 saturated heterocycles. The van der Waals surface area contributed by atoms with Crippen molar-refractivity contribution in [3.8, 4) is 5.75 Å². The van der Waals surface area contributed by atoms with Gasteiger partial charge in [-0.15, -0.1) is 0 Å². The van der Waals surface area contributed by atoms with E-state index in [1.807, 2.05) is 6.92 Å². The van der Waals surface area contributed by atoms with Crippen molar-refractivity contribution in [3.63, 3.8) is 0 Å². The van der Waals surface area contributed by atoms with Gasteiger partial charge >= 0.3 is 0 Å². The molecule has 2 aliphatic carbocycles. The van der Waals surface area contributed by atoms with Gasteiger partial charge in [0.25, 0.3) is 5.91 Å². The molecule has 1 spiro atoms. The van der Waals surface area contributed by atoms with E-state index >= 15 is 0 Å². The molecular weight excluding hydrogens is 309 g/mol. The third kappa shape index (κ3) is 2.42. The Morgan fingerprint density at radius 1 is 1.46 bits per heavy atom. The molecule has 1 N–H and O–H groups in total.